The number of carbonyl (C=O) groups is 1. The topological polar surface area (TPSA) is 58.4 Å². The van der Waals surface area contributed by atoms with Crippen molar-refractivity contribution in [2.75, 3.05) is 18.4 Å². The first-order chi connectivity index (χ1) is 16.5. The first kappa shape index (κ1) is 21.0. The minimum absolute atomic E-state index is 0.120. The van der Waals surface area contributed by atoms with Crippen molar-refractivity contribution in [1.29, 1.82) is 0 Å². The molecule has 1 aliphatic heterocycles. The third-order valence-corrected chi connectivity index (χ3v) is 7.26. The zero-order valence-corrected chi connectivity index (χ0v) is 19.8. The molecule has 3 aromatic carbocycles. The Labute approximate surface area is 199 Å². The maximum Gasteiger partial charge on any atom is 0.295 e. The summed E-state index contributed by atoms with van der Waals surface area (Å²) in [6.45, 7) is 7.73. The van der Waals surface area contributed by atoms with Gasteiger partial charge in [0.15, 0.2) is 5.58 Å². The zero-order chi connectivity index (χ0) is 23.4. The molecule has 2 aliphatic rings. The van der Waals surface area contributed by atoms with Gasteiger partial charge in [0, 0.05) is 18.7 Å². The first-order valence-electron chi connectivity index (χ1n) is 12.1. The van der Waals surface area contributed by atoms with Crippen molar-refractivity contribution in [2.45, 2.75) is 33.2 Å². The summed E-state index contributed by atoms with van der Waals surface area (Å²) in [5, 5.41) is 3.37. The molecular formula is C29H29N3O2. The summed E-state index contributed by atoms with van der Waals surface area (Å²) in [4.78, 5) is 20.6. The number of hydrogen-bond acceptors (Lipinski definition) is 4. The Balaban J connectivity index is 1.28. The fourth-order valence-electron chi connectivity index (χ4n) is 5.58. The van der Waals surface area contributed by atoms with Crippen molar-refractivity contribution in [2.24, 2.45) is 11.8 Å². The summed E-state index contributed by atoms with van der Waals surface area (Å²) in [5.74, 6) is 1.28. The van der Waals surface area contributed by atoms with E-state index >= 15 is 0 Å². The van der Waals surface area contributed by atoms with Crippen LogP contribution in [0.3, 0.4) is 0 Å². The molecule has 1 saturated carbocycles. The van der Waals surface area contributed by atoms with Crippen LogP contribution < -0.4 is 5.32 Å². The van der Waals surface area contributed by atoms with Crippen molar-refractivity contribution >= 4 is 23.0 Å². The molecule has 3 unspecified atom stereocenters. The first-order valence-corrected chi connectivity index (χ1v) is 12.1. The van der Waals surface area contributed by atoms with Crippen LogP contribution >= 0.6 is 0 Å². The van der Waals surface area contributed by atoms with Crippen molar-refractivity contribution in [3.63, 3.8) is 0 Å². The lowest BCUT2D eigenvalue weighted by Gasteiger charge is -2.28. The van der Waals surface area contributed by atoms with Gasteiger partial charge in [-0.25, -0.2) is 0 Å². The number of benzene rings is 3. The Kier molecular flexibility index (Phi) is 4.94. The van der Waals surface area contributed by atoms with E-state index in [-0.39, 0.29) is 11.9 Å². The maximum absolute atomic E-state index is 14.0. The molecule has 0 bridgehead atoms. The lowest BCUT2D eigenvalue weighted by molar-refractivity contribution is 0.0715. The van der Waals surface area contributed by atoms with Gasteiger partial charge < -0.3 is 14.6 Å². The van der Waals surface area contributed by atoms with Gasteiger partial charge in [-0.05, 0) is 68.4 Å². The van der Waals surface area contributed by atoms with Crippen LogP contribution in [-0.2, 0) is 0 Å². The van der Waals surface area contributed by atoms with Crippen LogP contribution in [-0.4, -0.2) is 34.9 Å². The molecule has 5 nitrogen and oxygen atoms in total. The van der Waals surface area contributed by atoms with E-state index in [1.54, 1.807) is 0 Å². The second-order valence-electron chi connectivity index (χ2n) is 9.98. The number of likely N-dealkylation sites (tertiary alicyclic amines) is 1. The molecule has 0 radical (unpaired) electrons. The van der Waals surface area contributed by atoms with E-state index in [0.29, 0.717) is 24.4 Å². The van der Waals surface area contributed by atoms with Crippen LogP contribution in [0.15, 0.2) is 65.1 Å². The van der Waals surface area contributed by atoms with E-state index in [1.165, 1.54) is 17.5 Å². The number of oxazole rings is 1. The minimum atomic E-state index is 0.120. The highest BCUT2D eigenvalue weighted by molar-refractivity contribution is 6.01. The largest absolute Gasteiger partial charge is 0.424 e. The van der Waals surface area contributed by atoms with Crippen LogP contribution in [0.5, 0.6) is 0 Å². The quantitative estimate of drug-likeness (QED) is 0.405. The predicted molar refractivity (Wildman–Crippen MR) is 135 cm³/mol. The predicted octanol–water partition coefficient (Wildman–Crippen LogP) is 5.99. The number of amides is 1. The van der Waals surface area contributed by atoms with Crippen LogP contribution in [0.1, 0.15) is 33.5 Å². The SMILES string of the molecule is Cc1cc(C)cc(-c2ccc(C)cc2C(=O)N2CC3CC3C2CNc2nc3ccccc3o2)c1. The molecule has 1 saturated heterocycles. The fraction of sp³-hybridized carbons (Fsp3) is 0.310. The fourth-order valence-corrected chi connectivity index (χ4v) is 5.58. The van der Waals surface area contributed by atoms with Gasteiger partial charge in [-0.1, -0.05) is 59.2 Å². The van der Waals surface area contributed by atoms with Gasteiger partial charge in [-0.3, -0.25) is 4.79 Å². The Morgan fingerprint density at radius 1 is 1.03 bits per heavy atom. The van der Waals surface area contributed by atoms with E-state index in [1.807, 2.05) is 30.3 Å². The molecule has 1 aromatic heterocycles. The number of nitrogens with one attached hydrogen (secondary N) is 1. The van der Waals surface area contributed by atoms with Gasteiger partial charge >= 0.3 is 0 Å². The number of aromatic nitrogens is 1. The molecule has 2 heterocycles. The van der Waals surface area contributed by atoms with E-state index in [2.05, 4.69) is 66.3 Å². The summed E-state index contributed by atoms with van der Waals surface area (Å²) < 4.78 is 5.85. The van der Waals surface area contributed by atoms with Crippen molar-refractivity contribution in [3.05, 3.63) is 82.9 Å². The highest BCUT2D eigenvalue weighted by atomic mass is 16.4. The molecule has 3 atom stereocenters. The summed E-state index contributed by atoms with van der Waals surface area (Å²) >= 11 is 0. The Bertz CT molecular complexity index is 1350. The number of piperidine rings is 1. The highest BCUT2D eigenvalue weighted by Crippen LogP contribution is 2.50. The van der Waals surface area contributed by atoms with Gasteiger partial charge in [0.1, 0.15) is 5.52 Å². The van der Waals surface area contributed by atoms with Gasteiger partial charge in [0.25, 0.3) is 11.9 Å². The van der Waals surface area contributed by atoms with E-state index in [4.69, 9.17) is 4.42 Å². The molecule has 34 heavy (non-hydrogen) atoms. The second kappa shape index (κ2) is 8.01. The summed E-state index contributed by atoms with van der Waals surface area (Å²) in [5.41, 5.74) is 8.02. The number of fused-ring (bicyclic) bond motifs is 2. The summed E-state index contributed by atoms with van der Waals surface area (Å²) in [6, 6.07) is 21.2. The van der Waals surface area contributed by atoms with Crippen LogP contribution in [0.2, 0.25) is 0 Å². The number of aryl methyl sites for hydroxylation is 3. The van der Waals surface area contributed by atoms with Crippen LogP contribution in [0, 0.1) is 32.6 Å². The third-order valence-electron chi connectivity index (χ3n) is 7.26. The second-order valence-corrected chi connectivity index (χ2v) is 9.98. The lowest BCUT2D eigenvalue weighted by atomic mass is 9.94. The van der Waals surface area contributed by atoms with Crippen molar-refractivity contribution in [1.82, 2.24) is 9.88 Å². The van der Waals surface area contributed by atoms with Gasteiger partial charge in [0.2, 0.25) is 0 Å². The molecule has 2 fully saturated rings. The molecule has 1 N–H and O–H groups in total. The molecular weight excluding hydrogens is 422 g/mol. The van der Waals surface area contributed by atoms with E-state index in [9.17, 15) is 4.79 Å². The van der Waals surface area contributed by atoms with Crippen molar-refractivity contribution in [3.8, 4) is 11.1 Å². The molecule has 0 spiro atoms. The molecule has 4 aromatic rings. The van der Waals surface area contributed by atoms with Gasteiger partial charge in [-0.15, -0.1) is 0 Å². The molecule has 6 rings (SSSR count). The number of hydrogen-bond donors (Lipinski definition) is 1. The number of anilines is 1. The Morgan fingerprint density at radius 2 is 1.82 bits per heavy atom. The Hall–Kier alpha value is -3.60. The smallest absolute Gasteiger partial charge is 0.295 e. The standard InChI is InChI=1S/C29H29N3O2/c1-17-8-9-22(20-11-18(2)10-19(3)12-20)24(13-17)28(33)32-16-21-14-23(21)26(32)15-30-29-31-25-6-4-5-7-27(25)34-29/h4-13,21,23,26H,14-16H2,1-3H3,(H,30,31). The monoisotopic (exact) mass is 451 g/mol. The van der Waals surface area contributed by atoms with Crippen LogP contribution in [0.25, 0.3) is 22.2 Å². The number of carbonyl (C=O) groups excluding carboxylic acids is 1. The van der Waals surface area contributed by atoms with E-state index < -0.39 is 0 Å². The molecule has 1 aliphatic carbocycles. The van der Waals surface area contributed by atoms with Gasteiger partial charge in [-0.2, -0.15) is 4.98 Å². The summed E-state index contributed by atoms with van der Waals surface area (Å²) in [6.07, 6.45) is 1.20. The highest BCUT2D eigenvalue weighted by Gasteiger charge is 2.54. The normalized spacial score (nSPS) is 21.0. The molecule has 5 heteroatoms. The molecule has 1 amide bonds. The summed E-state index contributed by atoms with van der Waals surface area (Å²) in [7, 11) is 0. The number of nitrogens with zero attached hydrogens (tertiary/aromatic N) is 2. The minimum Gasteiger partial charge on any atom is -0.424 e. The van der Waals surface area contributed by atoms with Gasteiger partial charge in [0.05, 0.1) is 6.04 Å². The van der Waals surface area contributed by atoms with Crippen LogP contribution in [0.4, 0.5) is 6.01 Å². The maximum atomic E-state index is 14.0. The average Bonchev–Trinajstić information content (AvgIpc) is 3.30. The Morgan fingerprint density at radius 3 is 2.62 bits per heavy atom. The zero-order valence-electron chi connectivity index (χ0n) is 19.8. The number of rotatable bonds is 5. The molecule has 172 valence electrons. The van der Waals surface area contributed by atoms with E-state index in [0.717, 1.165) is 39.9 Å². The average molecular weight is 452 g/mol. The third kappa shape index (κ3) is 3.75. The lowest BCUT2D eigenvalue weighted by Crippen LogP contribution is -2.42. The van der Waals surface area contributed by atoms with Crippen molar-refractivity contribution < 1.29 is 9.21 Å². The number of para-hydroxylation sites is 2.